The fourth-order valence-electron chi connectivity index (χ4n) is 4.10. The summed E-state index contributed by atoms with van der Waals surface area (Å²) in [4.78, 5) is 26.6. The molecule has 0 radical (unpaired) electrons. The van der Waals surface area contributed by atoms with E-state index in [1.807, 2.05) is 47.0 Å². The van der Waals surface area contributed by atoms with E-state index < -0.39 is 12.2 Å². The highest BCUT2D eigenvalue weighted by atomic mass is 16.5. The molecule has 0 amide bonds. The van der Waals surface area contributed by atoms with Gasteiger partial charge in [0.05, 0.1) is 24.6 Å². The third-order valence-corrected chi connectivity index (χ3v) is 5.74. The van der Waals surface area contributed by atoms with Crippen LogP contribution in [-0.4, -0.2) is 66.4 Å². The number of benzene rings is 2. The molecule has 3 heterocycles. The molecule has 34 heavy (non-hydrogen) atoms. The van der Waals surface area contributed by atoms with Crippen molar-refractivity contribution in [1.29, 1.82) is 0 Å². The zero-order valence-corrected chi connectivity index (χ0v) is 18.3. The Morgan fingerprint density at radius 3 is 2.59 bits per heavy atom. The highest BCUT2D eigenvalue weighted by Gasteiger charge is 2.30. The molecule has 1 saturated heterocycles. The number of carboxylic acid groups (broad SMARTS) is 1. The van der Waals surface area contributed by atoms with Gasteiger partial charge in [-0.2, -0.15) is 0 Å². The molecule has 1 aliphatic rings. The number of para-hydroxylation sites is 1. The van der Waals surface area contributed by atoms with Gasteiger partial charge in [-0.05, 0) is 29.8 Å². The van der Waals surface area contributed by atoms with Gasteiger partial charge in [0.25, 0.3) is 0 Å². The minimum Gasteiger partial charge on any atom is -0.478 e. The van der Waals surface area contributed by atoms with Gasteiger partial charge >= 0.3 is 5.97 Å². The number of anilines is 2. The van der Waals surface area contributed by atoms with Crippen molar-refractivity contribution in [3.05, 3.63) is 78.4 Å². The van der Waals surface area contributed by atoms with Crippen molar-refractivity contribution in [3.8, 4) is 0 Å². The molecule has 10 nitrogen and oxygen atoms in total. The maximum Gasteiger partial charge on any atom is 0.335 e. The van der Waals surface area contributed by atoms with Crippen molar-refractivity contribution in [2.75, 3.05) is 25.0 Å². The number of carbonyl (C=O) groups is 1. The number of aliphatic hydroxyl groups excluding tert-OH is 1. The summed E-state index contributed by atoms with van der Waals surface area (Å²) >= 11 is 0. The zero-order chi connectivity index (χ0) is 23.5. The molecule has 10 heteroatoms. The van der Waals surface area contributed by atoms with Crippen molar-refractivity contribution in [1.82, 2.24) is 24.4 Å². The van der Waals surface area contributed by atoms with Crippen LogP contribution in [0.25, 0.3) is 11.2 Å². The van der Waals surface area contributed by atoms with Gasteiger partial charge < -0.3 is 20.3 Å². The van der Waals surface area contributed by atoms with E-state index in [1.54, 1.807) is 18.5 Å². The quantitative estimate of drug-likeness (QED) is 0.382. The zero-order valence-electron chi connectivity index (χ0n) is 18.3. The predicted molar refractivity (Wildman–Crippen MR) is 125 cm³/mol. The summed E-state index contributed by atoms with van der Waals surface area (Å²) in [5.41, 5.74) is 3.38. The molecule has 4 aromatic rings. The lowest BCUT2D eigenvalue weighted by Gasteiger charge is -2.37. The minimum atomic E-state index is -0.951. The van der Waals surface area contributed by atoms with E-state index in [-0.39, 0.29) is 18.3 Å². The third kappa shape index (κ3) is 4.60. The summed E-state index contributed by atoms with van der Waals surface area (Å²) in [6.45, 7) is 1.58. The number of fused-ring (bicyclic) bond motifs is 1. The molecular weight excluding hydrogens is 436 g/mol. The van der Waals surface area contributed by atoms with Gasteiger partial charge in [0.1, 0.15) is 12.6 Å². The van der Waals surface area contributed by atoms with Crippen LogP contribution in [0, 0.1) is 0 Å². The van der Waals surface area contributed by atoms with Crippen molar-refractivity contribution in [2.45, 2.75) is 18.9 Å². The average Bonchev–Trinajstić information content (AvgIpc) is 3.30. The Labute approximate surface area is 195 Å². The lowest BCUT2D eigenvalue weighted by atomic mass is 10.1. The number of nitrogens with one attached hydrogen (secondary N) is 1. The number of imidazole rings is 1. The summed E-state index contributed by atoms with van der Waals surface area (Å²) in [6, 6.07) is 16.5. The number of ether oxygens (including phenoxy) is 1. The van der Waals surface area contributed by atoms with Crippen molar-refractivity contribution < 1.29 is 19.7 Å². The minimum absolute atomic E-state index is 0.118. The van der Waals surface area contributed by atoms with Gasteiger partial charge in [0.2, 0.25) is 0 Å². The Hall–Kier alpha value is -3.86. The maximum atomic E-state index is 11.1. The van der Waals surface area contributed by atoms with E-state index in [0.717, 1.165) is 11.3 Å². The lowest BCUT2D eigenvalue weighted by Crippen LogP contribution is -2.46. The fourth-order valence-corrected chi connectivity index (χ4v) is 4.10. The molecule has 174 valence electrons. The average molecular weight is 460 g/mol. The summed E-state index contributed by atoms with van der Waals surface area (Å²) < 4.78 is 7.99. The van der Waals surface area contributed by atoms with E-state index in [9.17, 15) is 9.90 Å². The fraction of sp³-hybridized carbons (Fsp3) is 0.250. The second-order valence-corrected chi connectivity index (χ2v) is 8.13. The van der Waals surface area contributed by atoms with Gasteiger partial charge in [0.15, 0.2) is 17.0 Å². The number of aliphatic hydroxyl groups is 1. The van der Waals surface area contributed by atoms with E-state index in [1.165, 1.54) is 6.33 Å². The van der Waals surface area contributed by atoms with Crippen LogP contribution in [0.2, 0.25) is 0 Å². The Morgan fingerprint density at radius 1 is 1.06 bits per heavy atom. The second-order valence-electron chi connectivity index (χ2n) is 8.13. The monoisotopic (exact) mass is 460 g/mol. The molecule has 0 saturated carbocycles. The summed E-state index contributed by atoms with van der Waals surface area (Å²) in [7, 11) is 0. The normalized spacial score (nSPS) is 18.7. The van der Waals surface area contributed by atoms with E-state index in [2.05, 4.69) is 25.2 Å². The number of aromatic carboxylic acids is 1. The van der Waals surface area contributed by atoms with Crippen LogP contribution >= 0.6 is 0 Å². The van der Waals surface area contributed by atoms with Gasteiger partial charge in [-0.3, -0.25) is 9.47 Å². The summed E-state index contributed by atoms with van der Waals surface area (Å²) in [6.07, 6.45) is 2.38. The van der Waals surface area contributed by atoms with Crippen molar-refractivity contribution in [2.24, 2.45) is 0 Å². The SMILES string of the molecule is O=C(O)c1ccc(CN2C[C@@H](CO)O[C@@H](n3cnc4c(Nc5ccccc5)ncnc43)C2)cc1. The van der Waals surface area contributed by atoms with Gasteiger partial charge in [-0.25, -0.2) is 19.7 Å². The molecular formula is C24H24N6O4. The van der Waals surface area contributed by atoms with E-state index in [4.69, 9.17) is 9.84 Å². The maximum absolute atomic E-state index is 11.1. The standard InChI is InChI=1S/C24H24N6O4/c31-13-19-11-29(10-16-6-8-17(9-7-16)24(32)33)12-20(34-19)30-15-27-21-22(25-14-26-23(21)30)28-18-4-2-1-3-5-18/h1-9,14-15,19-20,31H,10-13H2,(H,32,33)(H,25,26,28)/t19-,20+/m0/s1. The first-order valence-corrected chi connectivity index (χ1v) is 10.9. The highest BCUT2D eigenvalue weighted by molar-refractivity contribution is 5.87. The number of aromatic nitrogens is 4. The molecule has 5 rings (SSSR count). The lowest BCUT2D eigenvalue weighted by molar-refractivity contribution is -0.135. The van der Waals surface area contributed by atoms with Gasteiger partial charge in [-0.15, -0.1) is 0 Å². The Balaban J connectivity index is 1.38. The van der Waals surface area contributed by atoms with Crippen LogP contribution < -0.4 is 5.32 Å². The van der Waals surface area contributed by atoms with Gasteiger partial charge in [-0.1, -0.05) is 30.3 Å². The first-order chi connectivity index (χ1) is 16.6. The smallest absolute Gasteiger partial charge is 0.335 e. The first kappa shape index (κ1) is 22.0. The number of carboxylic acids is 1. The third-order valence-electron chi connectivity index (χ3n) is 5.74. The number of rotatable bonds is 7. The summed E-state index contributed by atoms with van der Waals surface area (Å²) in [5.74, 6) is -0.353. The molecule has 1 fully saturated rings. The number of morpholine rings is 1. The Morgan fingerprint density at radius 2 is 1.85 bits per heavy atom. The molecule has 0 unspecified atom stereocenters. The molecule has 0 spiro atoms. The molecule has 2 aromatic heterocycles. The largest absolute Gasteiger partial charge is 0.478 e. The second kappa shape index (κ2) is 9.56. The number of hydrogen-bond donors (Lipinski definition) is 3. The molecule has 1 aliphatic heterocycles. The molecule has 2 atom stereocenters. The number of hydrogen-bond acceptors (Lipinski definition) is 8. The Bertz CT molecular complexity index is 1280. The topological polar surface area (TPSA) is 126 Å². The van der Waals surface area contributed by atoms with Crippen molar-refractivity contribution in [3.63, 3.8) is 0 Å². The summed E-state index contributed by atoms with van der Waals surface area (Å²) in [5, 5.41) is 22.2. The van der Waals surface area contributed by atoms with Crippen LogP contribution in [0.1, 0.15) is 22.1 Å². The van der Waals surface area contributed by atoms with Crippen LogP contribution in [0.15, 0.2) is 67.3 Å². The molecule has 0 aliphatic carbocycles. The van der Waals surface area contributed by atoms with Crippen molar-refractivity contribution >= 4 is 28.6 Å². The highest BCUT2D eigenvalue weighted by Crippen LogP contribution is 2.27. The van der Waals surface area contributed by atoms with E-state index in [0.29, 0.717) is 36.6 Å². The molecule has 2 aromatic carbocycles. The molecule has 0 bridgehead atoms. The van der Waals surface area contributed by atoms with E-state index >= 15 is 0 Å². The molecule has 3 N–H and O–H groups in total. The number of nitrogens with zero attached hydrogens (tertiary/aromatic N) is 5. The first-order valence-electron chi connectivity index (χ1n) is 10.9. The van der Waals surface area contributed by atoms with Crippen LogP contribution in [-0.2, 0) is 11.3 Å². The Kier molecular flexibility index (Phi) is 6.17. The van der Waals surface area contributed by atoms with Crippen LogP contribution in [0.5, 0.6) is 0 Å². The van der Waals surface area contributed by atoms with Crippen LogP contribution in [0.3, 0.4) is 0 Å². The predicted octanol–water partition coefficient (Wildman–Crippen LogP) is 2.66. The van der Waals surface area contributed by atoms with Crippen LogP contribution in [0.4, 0.5) is 11.5 Å². The van der Waals surface area contributed by atoms with Gasteiger partial charge in [0, 0.05) is 25.3 Å².